The van der Waals surface area contributed by atoms with Crippen LogP contribution in [0.3, 0.4) is 0 Å². The van der Waals surface area contributed by atoms with Crippen molar-refractivity contribution < 1.29 is 23.1 Å². The molecule has 0 atom stereocenters. The molecule has 11 nitrogen and oxygen atoms in total. The summed E-state index contributed by atoms with van der Waals surface area (Å²) < 4.78 is 34.9. The summed E-state index contributed by atoms with van der Waals surface area (Å²) in [5, 5.41) is 24.7. The summed E-state index contributed by atoms with van der Waals surface area (Å²) in [4.78, 5) is 15.0. The zero-order chi connectivity index (χ0) is 28.2. The monoisotopic (exact) mass is 556 g/mol. The molecule has 39 heavy (non-hydrogen) atoms. The number of rotatable bonds is 9. The Hall–Kier alpha value is -3.80. The van der Waals surface area contributed by atoms with Crippen LogP contribution in [0.2, 0.25) is 0 Å². The Morgan fingerprint density at radius 2 is 1.77 bits per heavy atom. The molecule has 0 amide bonds. The molecule has 0 unspecified atom stereocenters. The van der Waals surface area contributed by atoms with Crippen LogP contribution >= 0.6 is 0 Å². The SMILES string of the molecule is CC(=N)N1CCC(Oc2ccc(S(=O)(=O)N(CCCC(=O)O)c3ccc4c(c3)CN(C(=N)N)CC4)cc2)CC1. The van der Waals surface area contributed by atoms with E-state index in [4.69, 9.17) is 26.4 Å². The Morgan fingerprint density at radius 3 is 2.38 bits per heavy atom. The third-order valence-corrected chi connectivity index (χ3v) is 9.05. The average molecular weight is 557 g/mol. The van der Waals surface area contributed by atoms with Gasteiger partial charge in [-0.15, -0.1) is 0 Å². The van der Waals surface area contributed by atoms with Crippen LogP contribution in [-0.2, 0) is 27.8 Å². The number of carboxylic acid groups (broad SMARTS) is 1. The number of nitrogens with zero attached hydrogens (tertiary/aromatic N) is 3. The van der Waals surface area contributed by atoms with E-state index in [0.717, 1.165) is 37.1 Å². The van der Waals surface area contributed by atoms with Crippen LogP contribution < -0.4 is 14.8 Å². The van der Waals surface area contributed by atoms with Crippen LogP contribution in [0, 0.1) is 10.8 Å². The number of benzene rings is 2. The van der Waals surface area contributed by atoms with Gasteiger partial charge in [0.25, 0.3) is 10.0 Å². The summed E-state index contributed by atoms with van der Waals surface area (Å²) in [6.45, 7) is 4.32. The molecule has 0 saturated carbocycles. The van der Waals surface area contributed by atoms with Gasteiger partial charge in [0, 0.05) is 52.0 Å². The lowest BCUT2D eigenvalue weighted by molar-refractivity contribution is -0.137. The molecule has 0 radical (unpaired) electrons. The summed E-state index contributed by atoms with van der Waals surface area (Å²) in [5.74, 6) is 0.105. The Balaban J connectivity index is 1.54. The van der Waals surface area contributed by atoms with Crippen molar-refractivity contribution in [1.29, 1.82) is 10.8 Å². The topological polar surface area (TPSA) is 164 Å². The maximum Gasteiger partial charge on any atom is 0.303 e. The van der Waals surface area contributed by atoms with Crippen LogP contribution in [0.5, 0.6) is 5.75 Å². The van der Waals surface area contributed by atoms with Gasteiger partial charge in [0.15, 0.2) is 5.96 Å². The molecular formula is C27H36N6O5S. The normalized spacial score (nSPS) is 15.9. The minimum atomic E-state index is -4.00. The van der Waals surface area contributed by atoms with Crippen molar-refractivity contribution in [1.82, 2.24) is 9.80 Å². The van der Waals surface area contributed by atoms with Gasteiger partial charge >= 0.3 is 5.97 Å². The first kappa shape index (κ1) is 28.2. The molecule has 210 valence electrons. The first-order chi connectivity index (χ1) is 18.5. The van der Waals surface area contributed by atoms with Crippen molar-refractivity contribution in [3.05, 3.63) is 53.6 Å². The lowest BCUT2D eigenvalue weighted by Crippen LogP contribution is -2.40. The number of piperidine rings is 1. The number of nitrogens with two attached hydrogens (primary N) is 1. The van der Waals surface area contributed by atoms with Crippen molar-refractivity contribution in [3.8, 4) is 5.75 Å². The van der Waals surface area contributed by atoms with Crippen molar-refractivity contribution in [2.75, 3.05) is 30.5 Å². The van der Waals surface area contributed by atoms with Gasteiger partial charge in [-0.25, -0.2) is 8.42 Å². The largest absolute Gasteiger partial charge is 0.490 e. The highest BCUT2D eigenvalue weighted by Crippen LogP contribution is 2.30. The third kappa shape index (κ3) is 6.80. The molecule has 0 aromatic heterocycles. The molecule has 12 heteroatoms. The highest BCUT2D eigenvalue weighted by Gasteiger charge is 2.27. The maximum atomic E-state index is 13.8. The number of carboxylic acids is 1. The highest BCUT2D eigenvalue weighted by molar-refractivity contribution is 7.92. The summed E-state index contributed by atoms with van der Waals surface area (Å²) in [7, 11) is -4.00. The molecule has 2 heterocycles. The number of carbonyl (C=O) groups is 1. The summed E-state index contributed by atoms with van der Waals surface area (Å²) in [5.41, 5.74) is 8.08. The third-order valence-electron chi connectivity index (χ3n) is 7.21. The fourth-order valence-corrected chi connectivity index (χ4v) is 6.48. The van der Waals surface area contributed by atoms with Gasteiger partial charge in [0.1, 0.15) is 11.9 Å². The van der Waals surface area contributed by atoms with Crippen molar-refractivity contribution in [2.45, 2.75) is 56.6 Å². The molecule has 0 bridgehead atoms. The van der Waals surface area contributed by atoms with Gasteiger partial charge < -0.3 is 25.4 Å². The molecule has 1 saturated heterocycles. The number of amidine groups is 1. The lowest BCUT2D eigenvalue weighted by atomic mass is 9.99. The predicted molar refractivity (Wildman–Crippen MR) is 149 cm³/mol. The van der Waals surface area contributed by atoms with Crippen LogP contribution in [0.25, 0.3) is 0 Å². The van der Waals surface area contributed by atoms with Gasteiger partial charge in [0.05, 0.1) is 16.4 Å². The number of aliphatic carboxylic acids is 1. The molecule has 0 spiro atoms. The number of likely N-dealkylation sites (tertiary alicyclic amines) is 1. The van der Waals surface area contributed by atoms with Crippen molar-refractivity contribution in [2.24, 2.45) is 5.73 Å². The van der Waals surface area contributed by atoms with Gasteiger partial charge in [-0.1, -0.05) is 6.07 Å². The zero-order valence-corrected chi connectivity index (χ0v) is 22.9. The molecule has 2 aromatic carbocycles. The standard InChI is InChI=1S/C27H36N6O5S/c1-19(28)31-15-11-24(12-16-31)38-23-6-8-25(9-7-23)39(36,37)33(13-2-3-26(34)35)22-5-4-20-10-14-32(27(29)30)18-21(20)17-22/h4-9,17,24,28H,2-3,10-16,18H2,1H3,(H3,29,30)(H,34,35). The fraction of sp³-hybridized carbons (Fsp3) is 0.444. The molecule has 4 rings (SSSR count). The number of hydrogen-bond acceptors (Lipinski definition) is 6. The fourth-order valence-electron chi connectivity index (χ4n) is 4.99. The van der Waals surface area contributed by atoms with E-state index in [-0.39, 0.29) is 36.3 Å². The van der Waals surface area contributed by atoms with Gasteiger partial charge in [-0.2, -0.15) is 0 Å². The van der Waals surface area contributed by atoms with E-state index < -0.39 is 16.0 Å². The average Bonchev–Trinajstić information content (AvgIpc) is 2.91. The highest BCUT2D eigenvalue weighted by atomic mass is 32.2. The van der Waals surface area contributed by atoms with Gasteiger partial charge in [-0.05, 0) is 67.3 Å². The summed E-state index contributed by atoms with van der Waals surface area (Å²) in [6.07, 6.45) is 2.27. The second kappa shape index (κ2) is 11.9. The smallest absolute Gasteiger partial charge is 0.303 e. The number of sulfonamides is 1. The first-order valence-corrected chi connectivity index (χ1v) is 14.5. The minimum Gasteiger partial charge on any atom is -0.490 e. The Kier molecular flexibility index (Phi) is 8.63. The lowest BCUT2D eigenvalue weighted by Gasteiger charge is -2.32. The van der Waals surface area contributed by atoms with E-state index in [1.807, 2.05) is 11.0 Å². The number of nitrogens with one attached hydrogen (secondary N) is 2. The number of fused-ring (bicyclic) bond motifs is 1. The Bertz CT molecular complexity index is 1320. The summed E-state index contributed by atoms with van der Waals surface area (Å²) >= 11 is 0. The Morgan fingerprint density at radius 1 is 1.08 bits per heavy atom. The minimum absolute atomic E-state index is 0.000590. The van der Waals surface area contributed by atoms with Gasteiger partial charge in [-0.3, -0.25) is 19.9 Å². The van der Waals surface area contributed by atoms with E-state index in [9.17, 15) is 13.2 Å². The number of anilines is 1. The van der Waals surface area contributed by atoms with E-state index in [1.165, 1.54) is 16.4 Å². The van der Waals surface area contributed by atoms with Gasteiger partial charge in [0.2, 0.25) is 0 Å². The number of ether oxygens (including phenoxy) is 1. The van der Waals surface area contributed by atoms with E-state index in [0.29, 0.717) is 36.8 Å². The van der Waals surface area contributed by atoms with Crippen LogP contribution in [-0.4, -0.2) is 73.4 Å². The maximum absolute atomic E-state index is 13.8. The van der Waals surface area contributed by atoms with E-state index in [1.54, 1.807) is 36.1 Å². The molecule has 2 aliphatic rings. The van der Waals surface area contributed by atoms with Crippen LogP contribution in [0.1, 0.15) is 43.7 Å². The number of guanidine groups is 1. The summed E-state index contributed by atoms with van der Waals surface area (Å²) in [6, 6.07) is 11.8. The second-order valence-corrected chi connectivity index (χ2v) is 11.8. The van der Waals surface area contributed by atoms with Crippen molar-refractivity contribution in [3.63, 3.8) is 0 Å². The van der Waals surface area contributed by atoms with E-state index >= 15 is 0 Å². The quantitative estimate of drug-likeness (QED) is 0.270. The number of hydrogen-bond donors (Lipinski definition) is 4. The molecule has 1 fully saturated rings. The predicted octanol–water partition coefficient (Wildman–Crippen LogP) is 2.84. The Labute approximate surface area is 229 Å². The van der Waals surface area contributed by atoms with E-state index in [2.05, 4.69) is 0 Å². The van der Waals surface area contributed by atoms with Crippen molar-refractivity contribution >= 4 is 33.5 Å². The molecule has 2 aliphatic heterocycles. The van der Waals surface area contributed by atoms with Crippen LogP contribution in [0.4, 0.5) is 5.69 Å². The second-order valence-electron chi connectivity index (χ2n) is 9.95. The first-order valence-electron chi connectivity index (χ1n) is 13.1. The molecule has 0 aliphatic carbocycles. The zero-order valence-electron chi connectivity index (χ0n) is 22.1. The molecular weight excluding hydrogens is 520 g/mol. The van der Waals surface area contributed by atoms with Crippen LogP contribution in [0.15, 0.2) is 47.4 Å². The molecule has 2 aromatic rings. The molecule has 5 N–H and O–H groups in total.